The first-order valence-corrected chi connectivity index (χ1v) is 5.23. The monoisotopic (exact) mass is 191 g/mol. The van der Waals surface area contributed by atoms with Crippen LogP contribution in [-0.4, -0.2) is 13.7 Å². The van der Waals surface area contributed by atoms with Gasteiger partial charge in [0.1, 0.15) is 5.75 Å². The topological polar surface area (TPSA) is 21.3 Å². The van der Waals surface area contributed by atoms with Gasteiger partial charge < -0.3 is 10.1 Å². The molecule has 2 rings (SSSR count). The zero-order valence-electron chi connectivity index (χ0n) is 8.84. The molecule has 1 N–H and O–H groups in total. The Balaban J connectivity index is 2.48. The van der Waals surface area contributed by atoms with Gasteiger partial charge in [-0.05, 0) is 19.5 Å². The first-order valence-electron chi connectivity index (χ1n) is 5.23. The SMILES string of the molecule is CCC1(NC)CCOc2ccccc21. The highest BCUT2D eigenvalue weighted by Crippen LogP contribution is 2.38. The number of ether oxygens (including phenoxy) is 1. The fraction of sp³-hybridized carbons (Fsp3) is 0.500. The molecule has 0 spiro atoms. The summed E-state index contributed by atoms with van der Waals surface area (Å²) in [6.45, 7) is 3.03. The van der Waals surface area contributed by atoms with E-state index in [-0.39, 0.29) is 5.54 Å². The highest BCUT2D eigenvalue weighted by molar-refractivity contribution is 5.40. The predicted octanol–water partition coefficient (Wildman–Crippen LogP) is 2.29. The van der Waals surface area contributed by atoms with Crippen molar-refractivity contribution in [3.05, 3.63) is 29.8 Å². The van der Waals surface area contributed by atoms with Crippen molar-refractivity contribution in [1.29, 1.82) is 0 Å². The molecule has 0 saturated heterocycles. The van der Waals surface area contributed by atoms with Gasteiger partial charge >= 0.3 is 0 Å². The molecular formula is C12H17NO. The number of fused-ring (bicyclic) bond motifs is 1. The van der Waals surface area contributed by atoms with E-state index in [1.165, 1.54) is 5.56 Å². The van der Waals surface area contributed by atoms with Gasteiger partial charge in [0.15, 0.2) is 0 Å². The summed E-state index contributed by atoms with van der Waals surface area (Å²) in [5.41, 5.74) is 1.42. The van der Waals surface area contributed by atoms with Crippen LogP contribution in [-0.2, 0) is 5.54 Å². The van der Waals surface area contributed by atoms with Gasteiger partial charge in [0.25, 0.3) is 0 Å². The van der Waals surface area contributed by atoms with Crippen molar-refractivity contribution in [2.24, 2.45) is 0 Å². The molecule has 0 radical (unpaired) electrons. The molecule has 0 aliphatic carbocycles. The summed E-state index contributed by atoms with van der Waals surface area (Å²) < 4.78 is 5.64. The second-order valence-electron chi connectivity index (χ2n) is 3.78. The number of benzene rings is 1. The van der Waals surface area contributed by atoms with Crippen LogP contribution in [0.4, 0.5) is 0 Å². The maximum Gasteiger partial charge on any atom is 0.124 e. The Morgan fingerprint density at radius 2 is 2.21 bits per heavy atom. The Kier molecular flexibility index (Phi) is 2.46. The molecule has 0 fully saturated rings. The molecule has 0 amide bonds. The Bertz CT molecular complexity index is 318. The first-order chi connectivity index (χ1) is 6.82. The lowest BCUT2D eigenvalue weighted by atomic mass is 9.82. The summed E-state index contributed by atoms with van der Waals surface area (Å²) in [4.78, 5) is 0. The first kappa shape index (κ1) is 9.53. The molecule has 0 aromatic heterocycles. The van der Waals surface area contributed by atoms with Crippen LogP contribution >= 0.6 is 0 Å². The van der Waals surface area contributed by atoms with Crippen molar-refractivity contribution >= 4 is 0 Å². The molecule has 2 heteroatoms. The van der Waals surface area contributed by atoms with Crippen LogP contribution < -0.4 is 10.1 Å². The molecule has 1 aromatic rings. The van der Waals surface area contributed by atoms with Crippen LogP contribution in [0.15, 0.2) is 24.3 Å². The highest BCUT2D eigenvalue weighted by Gasteiger charge is 2.34. The maximum absolute atomic E-state index is 5.64. The number of rotatable bonds is 2. The van der Waals surface area contributed by atoms with Crippen LogP contribution in [0.5, 0.6) is 5.75 Å². The lowest BCUT2D eigenvalue weighted by molar-refractivity contribution is 0.187. The van der Waals surface area contributed by atoms with E-state index >= 15 is 0 Å². The third kappa shape index (κ3) is 1.30. The summed E-state index contributed by atoms with van der Waals surface area (Å²) in [6, 6.07) is 8.32. The lowest BCUT2D eigenvalue weighted by Crippen LogP contribution is -2.43. The quantitative estimate of drug-likeness (QED) is 0.774. The largest absolute Gasteiger partial charge is 0.493 e. The predicted molar refractivity (Wildman–Crippen MR) is 57.6 cm³/mol. The minimum atomic E-state index is 0.120. The van der Waals surface area contributed by atoms with Gasteiger partial charge in [-0.2, -0.15) is 0 Å². The minimum Gasteiger partial charge on any atom is -0.493 e. The van der Waals surface area contributed by atoms with Gasteiger partial charge in [-0.15, -0.1) is 0 Å². The second kappa shape index (κ2) is 3.62. The Hall–Kier alpha value is -1.02. The van der Waals surface area contributed by atoms with Crippen LogP contribution in [0.1, 0.15) is 25.3 Å². The van der Waals surface area contributed by atoms with Gasteiger partial charge in [0.05, 0.1) is 6.61 Å². The third-order valence-corrected chi connectivity index (χ3v) is 3.27. The highest BCUT2D eigenvalue weighted by atomic mass is 16.5. The molecule has 1 aliphatic rings. The van der Waals surface area contributed by atoms with E-state index in [0.29, 0.717) is 0 Å². The molecule has 2 nitrogen and oxygen atoms in total. The van der Waals surface area contributed by atoms with E-state index in [2.05, 4.69) is 30.4 Å². The molecule has 0 saturated carbocycles. The second-order valence-corrected chi connectivity index (χ2v) is 3.78. The van der Waals surface area contributed by atoms with E-state index in [0.717, 1.165) is 25.2 Å². The van der Waals surface area contributed by atoms with Crippen molar-refractivity contribution in [2.75, 3.05) is 13.7 Å². The molecule has 1 aromatic carbocycles. The van der Waals surface area contributed by atoms with Gasteiger partial charge in [-0.3, -0.25) is 0 Å². The van der Waals surface area contributed by atoms with Gasteiger partial charge in [-0.25, -0.2) is 0 Å². The van der Waals surface area contributed by atoms with E-state index < -0.39 is 0 Å². The summed E-state index contributed by atoms with van der Waals surface area (Å²) in [5.74, 6) is 1.04. The molecule has 1 heterocycles. The number of para-hydroxylation sites is 1. The summed E-state index contributed by atoms with van der Waals surface area (Å²) in [6.07, 6.45) is 2.15. The molecule has 1 aliphatic heterocycles. The smallest absolute Gasteiger partial charge is 0.124 e. The van der Waals surface area contributed by atoms with Crippen LogP contribution in [0.2, 0.25) is 0 Å². The Labute approximate surface area is 85.3 Å². The van der Waals surface area contributed by atoms with E-state index in [4.69, 9.17) is 4.74 Å². The molecule has 0 bridgehead atoms. The Morgan fingerprint density at radius 1 is 1.43 bits per heavy atom. The van der Waals surface area contributed by atoms with Gasteiger partial charge in [-0.1, -0.05) is 25.1 Å². The minimum absolute atomic E-state index is 0.120. The molecule has 1 unspecified atom stereocenters. The molecule has 1 atom stereocenters. The summed E-state index contributed by atoms with van der Waals surface area (Å²) in [7, 11) is 2.03. The summed E-state index contributed by atoms with van der Waals surface area (Å²) >= 11 is 0. The van der Waals surface area contributed by atoms with E-state index in [1.807, 2.05) is 13.1 Å². The number of hydrogen-bond acceptors (Lipinski definition) is 2. The lowest BCUT2D eigenvalue weighted by Gasteiger charge is -2.38. The fourth-order valence-electron chi connectivity index (χ4n) is 2.26. The van der Waals surface area contributed by atoms with Crippen molar-refractivity contribution in [3.63, 3.8) is 0 Å². The zero-order chi connectivity index (χ0) is 10.0. The van der Waals surface area contributed by atoms with Crippen molar-refractivity contribution in [1.82, 2.24) is 5.32 Å². The van der Waals surface area contributed by atoms with Crippen LogP contribution in [0, 0.1) is 0 Å². The standard InChI is InChI=1S/C12H17NO/c1-3-12(13-2)8-9-14-11-7-5-4-6-10(11)12/h4-7,13H,3,8-9H2,1-2H3. The number of nitrogens with one attached hydrogen (secondary N) is 1. The van der Waals surface area contributed by atoms with Crippen LogP contribution in [0.3, 0.4) is 0 Å². The average Bonchev–Trinajstić information content (AvgIpc) is 2.28. The maximum atomic E-state index is 5.64. The molecular weight excluding hydrogens is 174 g/mol. The average molecular weight is 191 g/mol. The summed E-state index contributed by atoms with van der Waals surface area (Å²) in [5, 5.41) is 3.44. The fourth-order valence-corrected chi connectivity index (χ4v) is 2.26. The van der Waals surface area contributed by atoms with Crippen LogP contribution in [0.25, 0.3) is 0 Å². The van der Waals surface area contributed by atoms with Gasteiger partial charge in [0.2, 0.25) is 0 Å². The van der Waals surface area contributed by atoms with Crippen molar-refractivity contribution < 1.29 is 4.74 Å². The normalized spacial score (nSPS) is 25.3. The van der Waals surface area contributed by atoms with E-state index in [9.17, 15) is 0 Å². The zero-order valence-corrected chi connectivity index (χ0v) is 8.84. The van der Waals surface area contributed by atoms with E-state index in [1.54, 1.807) is 0 Å². The Morgan fingerprint density at radius 3 is 2.93 bits per heavy atom. The van der Waals surface area contributed by atoms with Crippen molar-refractivity contribution in [2.45, 2.75) is 25.3 Å². The van der Waals surface area contributed by atoms with Crippen molar-refractivity contribution in [3.8, 4) is 5.75 Å². The number of hydrogen-bond donors (Lipinski definition) is 1. The molecule has 14 heavy (non-hydrogen) atoms. The third-order valence-electron chi connectivity index (χ3n) is 3.27. The van der Waals surface area contributed by atoms with Gasteiger partial charge in [0, 0.05) is 17.5 Å². The molecule has 76 valence electrons.